The van der Waals surface area contributed by atoms with Crippen LogP contribution < -0.4 is 5.32 Å². The number of hydrogen-bond donors (Lipinski definition) is 1. The Bertz CT molecular complexity index is 1190. The van der Waals surface area contributed by atoms with Crippen LogP contribution in [-0.2, 0) is 23.6 Å². The summed E-state index contributed by atoms with van der Waals surface area (Å²) < 4.78 is 54.9. The van der Waals surface area contributed by atoms with Crippen LogP contribution in [0.3, 0.4) is 0 Å². The summed E-state index contributed by atoms with van der Waals surface area (Å²) in [5, 5.41) is 7.27. The van der Waals surface area contributed by atoms with Crippen molar-refractivity contribution in [2.75, 3.05) is 18.4 Å². The molecule has 0 bridgehead atoms. The van der Waals surface area contributed by atoms with E-state index in [1.807, 2.05) is 6.92 Å². The highest BCUT2D eigenvalue weighted by atomic mass is 32.2. The van der Waals surface area contributed by atoms with Crippen LogP contribution in [0, 0.1) is 6.92 Å². The van der Waals surface area contributed by atoms with E-state index in [4.69, 9.17) is 0 Å². The molecule has 1 saturated heterocycles. The fourth-order valence-electron chi connectivity index (χ4n) is 3.61. The Balaban J connectivity index is 1.41. The Morgan fingerprint density at radius 1 is 1.19 bits per heavy atom. The number of imidazole rings is 1. The lowest BCUT2D eigenvalue weighted by atomic mass is 10.1. The Morgan fingerprint density at radius 3 is 2.59 bits per heavy atom. The molecular weight excluding hydrogens is 442 g/mol. The third kappa shape index (κ3) is 4.78. The van der Waals surface area contributed by atoms with Gasteiger partial charge in [-0.05, 0) is 25.3 Å². The van der Waals surface area contributed by atoms with Gasteiger partial charge in [0.15, 0.2) is 5.03 Å². The number of piperidine rings is 1. The van der Waals surface area contributed by atoms with Gasteiger partial charge in [0.25, 0.3) is 16.4 Å². The van der Waals surface area contributed by atoms with E-state index in [1.165, 1.54) is 33.9 Å². The average molecular weight is 467 g/mol. The molecule has 0 aliphatic carbocycles. The fraction of sp³-hybridized carbons (Fsp3) is 0.474. The van der Waals surface area contributed by atoms with Crippen LogP contribution in [0.4, 0.5) is 14.7 Å². The number of alkyl halides is 2. The van der Waals surface area contributed by atoms with Crippen LogP contribution in [0.15, 0.2) is 36.1 Å². The Hall–Kier alpha value is -2.93. The van der Waals surface area contributed by atoms with Gasteiger partial charge in [0.2, 0.25) is 5.95 Å². The van der Waals surface area contributed by atoms with Gasteiger partial charge in [-0.3, -0.25) is 4.68 Å². The topological polar surface area (TPSA) is 111 Å². The number of hydrogen-bond acceptors (Lipinski definition) is 7. The molecule has 4 heterocycles. The van der Waals surface area contributed by atoms with Crippen molar-refractivity contribution in [3.8, 4) is 11.3 Å². The molecule has 0 radical (unpaired) electrons. The van der Waals surface area contributed by atoms with E-state index in [0.717, 1.165) is 5.56 Å². The predicted octanol–water partition coefficient (Wildman–Crippen LogP) is 1.91. The molecular formula is C19H24F2N8O2S. The maximum absolute atomic E-state index is 12.7. The molecule has 13 heteroatoms. The van der Waals surface area contributed by atoms with Gasteiger partial charge in [0.05, 0.1) is 18.2 Å². The highest BCUT2D eigenvalue weighted by Gasteiger charge is 2.31. The van der Waals surface area contributed by atoms with E-state index >= 15 is 0 Å². The molecule has 0 saturated carbocycles. The first-order valence-electron chi connectivity index (χ1n) is 10.1. The normalized spacial score (nSPS) is 16.0. The molecule has 3 aromatic rings. The standard InChI is InChI=1S/C19H24F2N8O2S/c1-13-7-22-19(26-18(13)14-8-24-28(9-14)10-16(20)21)25-15-3-5-29(6-4-15)32(30,31)17-11-27(2)12-23-17/h7-9,11-12,15-16H,3-6,10H2,1-2H3,(H,22,25,26). The molecule has 1 aliphatic heterocycles. The summed E-state index contributed by atoms with van der Waals surface area (Å²) in [4.78, 5) is 12.8. The van der Waals surface area contributed by atoms with Crippen LogP contribution >= 0.6 is 0 Å². The van der Waals surface area contributed by atoms with Crippen molar-refractivity contribution in [3.63, 3.8) is 0 Å². The molecule has 3 aromatic heterocycles. The summed E-state index contributed by atoms with van der Waals surface area (Å²) in [6.07, 6.45) is 6.34. The van der Waals surface area contributed by atoms with Crippen molar-refractivity contribution in [1.82, 2.24) is 33.6 Å². The van der Waals surface area contributed by atoms with Crippen LogP contribution in [0.25, 0.3) is 11.3 Å². The van der Waals surface area contributed by atoms with E-state index < -0.39 is 23.0 Å². The van der Waals surface area contributed by atoms with E-state index in [9.17, 15) is 17.2 Å². The van der Waals surface area contributed by atoms with Gasteiger partial charge in [-0.1, -0.05) is 0 Å². The largest absolute Gasteiger partial charge is 0.351 e. The van der Waals surface area contributed by atoms with Crippen LogP contribution in [0.2, 0.25) is 0 Å². The first kappa shape index (κ1) is 22.3. The van der Waals surface area contributed by atoms with E-state index in [2.05, 4.69) is 25.4 Å². The second-order valence-electron chi connectivity index (χ2n) is 7.77. The van der Waals surface area contributed by atoms with Gasteiger partial charge in [-0.25, -0.2) is 32.2 Å². The molecule has 10 nitrogen and oxygen atoms in total. The highest BCUT2D eigenvalue weighted by Crippen LogP contribution is 2.24. The van der Waals surface area contributed by atoms with Crippen LogP contribution in [-0.4, -0.2) is 67.6 Å². The zero-order valence-electron chi connectivity index (χ0n) is 17.7. The Kier molecular flexibility index (Phi) is 6.20. The predicted molar refractivity (Wildman–Crippen MR) is 113 cm³/mol. The monoisotopic (exact) mass is 466 g/mol. The van der Waals surface area contributed by atoms with Gasteiger partial charge >= 0.3 is 0 Å². The molecule has 172 valence electrons. The fourth-order valence-corrected chi connectivity index (χ4v) is 5.04. The zero-order chi connectivity index (χ0) is 22.9. The summed E-state index contributed by atoms with van der Waals surface area (Å²) in [7, 11) is -1.89. The third-order valence-corrected chi connectivity index (χ3v) is 7.06. The first-order valence-corrected chi connectivity index (χ1v) is 11.6. The lowest BCUT2D eigenvalue weighted by Gasteiger charge is -2.31. The minimum Gasteiger partial charge on any atom is -0.351 e. The van der Waals surface area contributed by atoms with E-state index in [-0.39, 0.29) is 11.1 Å². The van der Waals surface area contributed by atoms with Crippen molar-refractivity contribution in [2.45, 2.75) is 43.8 Å². The number of sulfonamides is 1. The number of anilines is 1. The minimum atomic E-state index is -3.61. The zero-order valence-corrected chi connectivity index (χ0v) is 18.5. The maximum atomic E-state index is 12.7. The summed E-state index contributed by atoms with van der Waals surface area (Å²) >= 11 is 0. The molecule has 1 fully saturated rings. The SMILES string of the molecule is Cc1cnc(NC2CCN(S(=O)(=O)c3cn(C)cn3)CC2)nc1-c1cnn(CC(F)F)c1. The highest BCUT2D eigenvalue weighted by molar-refractivity contribution is 7.89. The van der Waals surface area contributed by atoms with Gasteiger partial charge in [0.1, 0.15) is 6.54 Å². The lowest BCUT2D eigenvalue weighted by Crippen LogP contribution is -2.42. The second kappa shape index (κ2) is 8.90. The van der Waals surface area contributed by atoms with Gasteiger partial charge in [-0.2, -0.15) is 9.40 Å². The summed E-state index contributed by atoms with van der Waals surface area (Å²) in [6, 6.07) is 0.00213. The number of rotatable bonds is 7. The number of nitrogens with zero attached hydrogens (tertiary/aromatic N) is 7. The molecule has 0 aromatic carbocycles. The van der Waals surface area contributed by atoms with Crippen LogP contribution in [0.1, 0.15) is 18.4 Å². The van der Waals surface area contributed by atoms with Gasteiger partial charge in [-0.15, -0.1) is 0 Å². The van der Waals surface area contributed by atoms with Crippen LogP contribution in [0.5, 0.6) is 0 Å². The quantitative estimate of drug-likeness (QED) is 0.566. The van der Waals surface area contributed by atoms with Crippen molar-refractivity contribution in [2.24, 2.45) is 7.05 Å². The minimum absolute atomic E-state index is 0.00213. The molecule has 0 atom stereocenters. The molecule has 32 heavy (non-hydrogen) atoms. The Labute approximate surface area is 184 Å². The van der Waals surface area contributed by atoms with Gasteiger partial charge in [0, 0.05) is 50.3 Å². The smallest absolute Gasteiger partial charge is 0.262 e. The van der Waals surface area contributed by atoms with Crippen molar-refractivity contribution in [1.29, 1.82) is 0 Å². The average Bonchev–Trinajstić information content (AvgIpc) is 3.39. The van der Waals surface area contributed by atoms with Gasteiger partial charge < -0.3 is 9.88 Å². The third-order valence-electron chi connectivity index (χ3n) is 5.28. The first-order chi connectivity index (χ1) is 15.2. The van der Waals surface area contributed by atoms with E-state index in [0.29, 0.717) is 43.1 Å². The Morgan fingerprint density at radius 2 is 1.94 bits per heavy atom. The van der Waals surface area contributed by atoms with Crippen molar-refractivity contribution >= 4 is 16.0 Å². The lowest BCUT2D eigenvalue weighted by molar-refractivity contribution is 0.122. The summed E-state index contributed by atoms with van der Waals surface area (Å²) in [5.41, 5.74) is 2.03. The number of nitrogens with one attached hydrogen (secondary N) is 1. The molecule has 0 unspecified atom stereocenters. The summed E-state index contributed by atoms with van der Waals surface area (Å²) in [6.45, 7) is 2.07. The molecule has 1 N–H and O–H groups in total. The maximum Gasteiger partial charge on any atom is 0.262 e. The molecule has 4 rings (SSSR count). The number of aryl methyl sites for hydroxylation is 2. The number of halogens is 2. The molecule has 1 aliphatic rings. The van der Waals surface area contributed by atoms with Crippen molar-refractivity contribution in [3.05, 3.63) is 36.7 Å². The molecule has 0 spiro atoms. The van der Waals surface area contributed by atoms with E-state index in [1.54, 1.807) is 17.8 Å². The summed E-state index contributed by atoms with van der Waals surface area (Å²) in [5.74, 6) is 0.401. The number of aromatic nitrogens is 6. The van der Waals surface area contributed by atoms with Crippen molar-refractivity contribution < 1.29 is 17.2 Å². The second-order valence-corrected chi connectivity index (χ2v) is 9.65. The molecule has 0 amide bonds.